The number of carbonyl (C=O) groups is 1. The van der Waals surface area contributed by atoms with Crippen molar-refractivity contribution in [1.82, 2.24) is 5.32 Å². The molecule has 0 saturated heterocycles. The molecule has 4 heteroatoms. The Labute approximate surface area is 114 Å². The zero-order chi connectivity index (χ0) is 13.6. The summed E-state index contributed by atoms with van der Waals surface area (Å²) in [6.45, 7) is 7.79. The number of carbonyl (C=O) groups excluding carboxylic acids is 1. The first kappa shape index (κ1) is 15.1. The minimum Gasteiger partial charge on any atom is -0.326 e. The first-order chi connectivity index (χ1) is 8.43. The summed E-state index contributed by atoms with van der Waals surface area (Å²) in [5.74, 6) is -0.0393. The third kappa shape index (κ3) is 5.56. The predicted octanol–water partition coefficient (Wildman–Crippen LogP) is 2.88. The number of hydrogen-bond acceptors (Lipinski definition) is 3. The van der Waals surface area contributed by atoms with Crippen LogP contribution in [0.3, 0.4) is 0 Å². The van der Waals surface area contributed by atoms with Crippen LogP contribution in [0.15, 0.2) is 24.3 Å². The SMILES string of the molecule is CSC(C)(C)CNCc1ccc(NC(C)=O)cc1. The Morgan fingerprint density at radius 1 is 1.28 bits per heavy atom. The van der Waals surface area contributed by atoms with Gasteiger partial charge in [-0.05, 0) is 37.8 Å². The van der Waals surface area contributed by atoms with E-state index in [-0.39, 0.29) is 10.7 Å². The van der Waals surface area contributed by atoms with E-state index in [1.54, 1.807) is 0 Å². The monoisotopic (exact) mass is 266 g/mol. The summed E-state index contributed by atoms with van der Waals surface area (Å²) in [5.41, 5.74) is 2.07. The van der Waals surface area contributed by atoms with Crippen molar-refractivity contribution in [1.29, 1.82) is 0 Å². The Balaban J connectivity index is 2.42. The second kappa shape index (κ2) is 6.81. The number of nitrogens with one attached hydrogen (secondary N) is 2. The Kier molecular flexibility index (Phi) is 5.69. The van der Waals surface area contributed by atoms with Crippen molar-refractivity contribution in [3.8, 4) is 0 Å². The normalized spacial score (nSPS) is 11.3. The largest absolute Gasteiger partial charge is 0.326 e. The van der Waals surface area contributed by atoms with Crippen LogP contribution < -0.4 is 10.6 Å². The molecule has 0 bridgehead atoms. The molecule has 18 heavy (non-hydrogen) atoms. The number of rotatable bonds is 6. The molecule has 0 aliphatic carbocycles. The van der Waals surface area contributed by atoms with Crippen molar-refractivity contribution in [2.24, 2.45) is 0 Å². The summed E-state index contributed by atoms with van der Waals surface area (Å²) in [6.07, 6.45) is 2.13. The van der Waals surface area contributed by atoms with Crippen LogP contribution in [0.5, 0.6) is 0 Å². The van der Waals surface area contributed by atoms with E-state index in [0.717, 1.165) is 18.8 Å². The molecule has 1 rings (SSSR count). The van der Waals surface area contributed by atoms with Crippen LogP contribution in [-0.4, -0.2) is 23.5 Å². The van der Waals surface area contributed by atoms with E-state index < -0.39 is 0 Å². The molecule has 1 amide bonds. The summed E-state index contributed by atoms with van der Waals surface area (Å²) >= 11 is 1.86. The predicted molar refractivity (Wildman–Crippen MR) is 80.0 cm³/mol. The Morgan fingerprint density at radius 3 is 2.39 bits per heavy atom. The molecule has 0 spiro atoms. The molecule has 2 N–H and O–H groups in total. The fourth-order valence-corrected chi connectivity index (χ4v) is 1.74. The van der Waals surface area contributed by atoms with Crippen molar-refractivity contribution in [2.45, 2.75) is 32.1 Å². The molecular formula is C14H22N2OS. The average molecular weight is 266 g/mol. The van der Waals surface area contributed by atoms with Gasteiger partial charge in [-0.15, -0.1) is 0 Å². The second-order valence-corrected chi connectivity index (χ2v) is 6.46. The van der Waals surface area contributed by atoms with Crippen molar-refractivity contribution >= 4 is 23.4 Å². The smallest absolute Gasteiger partial charge is 0.221 e. The van der Waals surface area contributed by atoms with Crippen LogP contribution in [0, 0.1) is 0 Å². The first-order valence-electron chi connectivity index (χ1n) is 6.05. The van der Waals surface area contributed by atoms with Gasteiger partial charge in [-0.1, -0.05) is 12.1 Å². The molecule has 0 aromatic heterocycles. The highest BCUT2D eigenvalue weighted by Crippen LogP contribution is 2.19. The van der Waals surface area contributed by atoms with Gasteiger partial charge in [0.25, 0.3) is 0 Å². The fourth-order valence-electron chi connectivity index (χ4n) is 1.49. The van der Waals surface area contributed by atoms with Crippen LogP contribution in [-0.2, 0) is 11.3 Å². The van der Waals surface area contributed by atoms with Crippen LogP contribution in [0.2, 0.25) is 0 Å². The van der Waals surface area contributed by atoms with Gasteiger partial charge >= 0.3 is 0 Å². The van der Waals surface area contributed by atoms with Gasteiger partial charge in [-0.3, -0.25) is 4.79 Å². The van der Waals surface area contributed by atoms with Gasteiger partial charge in [0.1, 0.15) is 0 Å². The van der Waals surface area contributed by atoms with Gasteiger partial charge in [-0.2, -0.15) is 11.8 Å². The van der Waals surface area contributed by atoms with Gasteiger partial charge in [0.05, 0.1) is 0 Å². The zero-order valence-corrected chi connectivity index (χ0v) is 12.4. The third-order valence-electron chi connectivity index (χ3n) is 2.71. The lowest BCUT2D eigenvalue weighted by Gasteiger charge is -2.22. The fraction of sp³-hybridized carbons (Fsp3) is 0.500. The average Bonchev–Trinajstić information content (AvgIpc) is 2.30. The highest BCUT2D eigenvalue weighted by Gasteiger charge is 2.14. The molecule has 1 aromatic rings. The molecule has 0 fully saturated rings. The van der Waals surface area contributed by atoms with E-state index in [4.69, 9.17) is 0 Å². The van der Waals surface area contributed by atoms with Crippen molar-refractivity contribution < 1.29 is 4.79 Å². The molecule has 0 aliphatic rings. The summed E-state index contributed by atoms with van der Waals surface area (Å²) in [7, 11) is 0. The molecule has 0 unspecified atom stereocenters. The minimum absolute atomic E-state index is 0.0393. The lowest BCUT2D eigenvalue weighted by atomic mass is 10.1. The number of anilines is 1. The van der Waals surface area contributed by atoms with Crippen LogP contribution >= 0.6 is 11.8 Å². The maximum atomic E-state index is 10.9. The standard InChI is InChI=1S/C14H22N2OS/c1-11(17)16-13-7-5-12(6-8-13)9-15-10-14(2,3)18-4/h5-8,15H,9-10H2,1-4H3,(H,16,17). The van der Waals surface area contributed by atoms with E-state index >= 15 is 0 Å². The molecule has 0 heterocycles. The Morgan fingerprint density at radius 2 is 1.89 bits per heavy atom. The lowest BCUT2D eigenvalue weighted by molar-refractivity contribution is -0.114. The van der Waals surface area contributed by atoms with Crippen LogP contribution in [0.1, 0.15) is 26.3 Å². The molecule has 1 aromatic carbocycles. The van der Waals surface area contributed by atoms with Crippen molar-refractivity contribution in [3.05, 3.63) is 29.8 Å². The lowest BCUT2D eigenvalue weighted by Crippen LogP contribution is -2.31. The zero-order valence-electron chi connectivity index (χ0n) is 11.5. The van der Waals surface area contributed by atoms with Gasteiger partial charge in [0.15, 0.2) is 0 Å². The van der Waals surface area contributed by atoms with Crippen LogP contribution in [0.25, 0.3) is 0 Å². The number of hydrogen-bond donors (Lipinski definition) is 2. The highest BCUT2D eigenvalue weighted by molar-refractivity contribution is 7.99. The van der Waals surface area contributed by atoms with E-state index in [2.05, 4.69) is 30.7 Å². The van der Waals surface area contributed by atoms with E-state index in [0.29, 0.717) is 0 Å². The van der Waals surface area contributed by atoms with Gasteiger partial charge in [0, 0.05) is 30.4 Å². The molecule has 3 nitrogen and oxygen atoms in total. The molecular weight excluding hydrogens is 244 g/mol. The summed E-state index contributed by atoms with van der Waals surface area (Å²) in [5, 5.41) is 6.20. The quantitative estimate of drug-likeness (QED) is 0.832. The molecule has 0 atom stereocenters. The molecule has 0 radical (unpaired) electrons. The van der Waals surface area contributed by atoms with Crippen molar-refractivity contribution in [3.63, 3.8) is 0 Å². The second-order valence-electron chi connectivity index (χ2n) is 4.95. The van der Waals surface area contributed by atoms with Crippen LogP contribution in [0.4, 0.5) is 5.69 Å². The summed E-state index contributed by atoms with van der Waals surface area (Å²) < 4.78 is 0.260. The third-order valence-corrected chi connectivity index (χ3v) is 3.96. The van der Waals surface area contributed by atoms with Gasteiger partial charge in [0.2, 0.25) is 5.91 Å². The summed E-state index contributed by atoms with van der Waals surface area (Å²) in [6, 6.07) is 7.92. The van der Waals surface area contributed by atoms with E-state index in [1.165, 1.54) is 12.5 Å². The molecule has 100 valence electrons. The molecule has 0 saturated carbocycles. The number of benzene rings is 1. The highest BCUT2D eigenvalue weighted by atomic mass is 32.2. The number of thioether (sulfide) groups is 1. The maximum absolute atomic E-state index is 10.9. The minimum atomic E-state index is -0.0393. The summed E-state index contributed by atoms with van der Waals surface area (Å²) in [4.78, 5) is 10.9. The maximum Gasteiger partial charge on any atom is 0.221 e. The van der Waals surface area contributed by atoms with E-state index in [9.17, 15) is 4.79 Å². The van der Waals surface area contributed by atoms with Crippen molar-refractivity contribution in [2.75, 3.05) is 18.1 Å². The Bertz CT molecular complexity index is 387. The van der Waals surface area contributed by atoms with Gasteiger partial charge in [-0.25, -0.2) is 0 Å². The Hall–Kier alpha value is -1.00. The number of amides is 1. The topological polar surface area (TPSA) is 41.1 Å². The van der Waals surface area contributed by atoms with E-state index in [1.807, 2.05) is 36.0 Å². The first-order valence-corrected chi connectivity index (χ1v) is 7.28. The molecule has 0 aliphatic heterocycles. The van der Waals surface area contributed by atoms with Gasteiger partial charge < -0.3 is 10.6 Å².